The fourth-order valence-corrected chi connectivity index (χ4v) is 3.26. The predicted molar refractivity (Wildman–Crippen MR) is 91.8 cm³/mol. The number of furan rings is 1. The molecule has 7 heteroatoms. The minimum atomic E-state index is -0.358. The summed E-state index contributed by atoms with van der Waals surface area (Å²) in [6.07, 6.45) is 2.20. The van der Waals surface area contributed by atoms with Gasteiger partial charge in [-0.25, -0.2) is 9.37 Å². The molecule has 2 aromatic heterocycles. The molecule has 0 spiro atoms. The number of aromatic amines is 1. The van der Waals surface area contributed by atoms with E-state index in [2.05, 4.69) is 14.9 Å². The number of H-pyrrole nitrogens is 1. The van der Waals surface area contributed by atoms with Crippen molar-refractivity contribution in [1.29, 1.82) is 0 Å². The lowest BCUT2D eigenvalue weighted by atomic mass is 10.1. The van der Waals surface area contributed by atoms with Gasteiger partial charge in [0.25, 0.3) is 5.56 Å². The van der Waals surface area contributed by atoms with E-state index in [1.807, 2.05) is 0 Å². The van der Waals surface area contributed by atoms with E-state index in [9.17, 15) is 9.18 Å². The second-order valence-electron chi connectivity index (χ2n) is 6.01. The zero-order chi connectivity index (χ0) is 17.4. The highest BCUT2D eigenvalue weighted by Gasteiger charge is 2.22. The zero-order valence-corrected chi connectivity index (χ0v) is 14.0. The summed E-state index contributed by atoms with van der Waals surface area (Å²) in [7, 11) is 0. The Labute approximate surface area is 148 Å². The maximum atomic E-state index is 13.2. The van der Waals surface area contributed by atoms with E-state index in [1.165, 1.54) is 12.1 Å². The summed E-state index contributed by atoms with van der Waals surface area (Å²) in [5.74, 6) is 0.632. The third-order valence-electron chi connectivity index (χ3n) is 4.31. The molecule has 4 rings (SSSR count). The first-order chi connectivity index (χ1) is 12.1. The van der Waals surface area contributed by atoms with Crippen LogP contribution < -0.4 is 5.56 Å². The molecule has 0 atom stereocenters. The minimum Gasteiger partial charge on any atom is -0.461 e. The van der Waals surface area contributed by atoms with Gasteiger partial charge in [-0.2, -0.15) is 0 Å². The first-order valence-corrected chi connectivity index (χ1v) is 8.30. The summed E-state index contributed by atoms with van der Waals surface area (Å²) < 4.78 is 18.5. The van der Waals surface area contributed by atoms with Gasteiger partial charge in [0, 0.05) is 31.1 Å². The number of nitrogens with one attached hydrogen (secondary N) is 1. The number of aromatic nitrogens is 2. The average Bonchev–Trinajstić information content (AvgIpc) is 3.12. The Hall–Kier alpha value is -2.44. The lowest BCUT2D eigenvalue weighted by molar-refractivity contribution is 0.242. The van der Waals surface area contributed by atoms with Crippen molar-refractivity contribution in [2.24, 2.45) is 0 Å². The third-order valence-corrected chi connectivity index (χ3v) is 4.66. The Bertz CT molecular complexity index is 969. The standard InChI is InChI=1S/C18H15ClFN3O2/c19-14-8-12(20)4-3-11(14)9-23-6-5-15-13(10-23)18(24)22-17(21-15)16-2-1-7-25-16/h1-4,7-8H,5-6,9-10H2,(H,21,22,24). The molecule has 0 radical (unpaired) electrons. The maximum absolute atomic E-state index is 13.2. The molecule has 1 N–H and O–H groups in total. The smallest absolute Gasteiger partial charge is 0.256 e. The van der Waals surface area contributed by atoms with E-state index >= 15 is 0 Å². The first kappa shape index (κ1) is 16.1. The van der Waals surface area contributed by atoms with Crippen LogP contribution in [0.15, 0.2) is 45.8 Å². The predicted octanol–water partition coefficient (Wildman–Crippen LogP) is 3.38. The second kappa shape index (κ2) is 6.46. The average molecular weight is 360 g/mol. The van der Waals surface area contributed by atoms with Gasteiger partial charge >= 0.3 is 0 Å². The van der Waals surface area contributed by atoms with Gasteiger partial charge in [-0.3, -0.25) is 9.69 Å². The van der Waals surface area contributed by atoms with Crippen LogP contribution in [-0.4, -0.2) is 21.4 Å². The summed E-state index contributed by atoms with van der Waals surface area (Å²) in [6, 6.07) is 7.89. The molecule has 0 aliphatic carbocycles. The van der Waals surface area contributed by atoms with E-state index in [0.717, 1.165) is 17.8 Å². The summed E-state index contributed by atoms with van der Waals surface area (Å²) in [4.78, 5) is 21.9. The lowest BCUT2D eigenvalue weighted by Crippen LogP contribution is -2.35. The molecular weight excluding hydrogens is 345 g/mol. The molecule has 0 unspecified atom stereocenters. The summed E-state index contributed by atoms with van der Waals surface area (Å²) in [5.41, 5.74) is 2.12. The molecule has 128 valence electrons. The first-order valence-electron chi connectivity index (χ1n) is 7.92. The van der Waals surface area contributed by atoms with Crippen molar-refractivity contribution in [3.63, 3.8) is 0 Å². The summed E-state index contributed by atoms with van der Waals surface area (Å²) in [5, 5.41) is 0.394. The molecule has 0 fully saturated rings. The van der Waals surface area contributed by atoms with Gasteiger partial charge in [0.05, 0.1) is 17.5 Å². The van der Waals surface area contributed by atoms with Gasteiger partial charge in [0.2, 0.25) is 0 Å². The van der Waals surface area contributed by atoms with Crippen LogP contribution in [0.2, 0.25) is 5.02 Å². The van der Waals surface area contributed by atoms with Gasteiger partial charge in [0.15, 0.2) is 11.6 Å². The number of hydrogen-bond acceptors (Lipinski definition) is 4. The fraction of sp³-hybridized carbons (Fsp3) is 0.222. The van der Waals surface area contributed by atoms with E-state index in [-0.39, 0.29) is 11.4 Å². The molecule has 1 aromatic carbocycles. The van der Waals surface area contributed by atoms with Crippen LogP contribution in [0, 0.1) is 5.82 Å². The van der Waals surface area contributed by atoms with Crippen LogP contribution in [0.25, 0.3) is 11.6 Å². The van der Waals surface area contributed by atoms with Crippen LogP contribution >= 0.6 is 11.6 Å². The second-order valence-corrected chi connectivity index (χ2v) is 6.42. The van der Waals surface area contributed by atoms with Gasteiger partial charge in [-0.05, 0) is 29.8 Å². The Morgan fingerprint density at radius 3 is 3.00 bits per heavy atom. The normalized spacial score (nSPS) is 14.5. The van der Waals surface area contributed by atoms with Gasteiger partial charge < -0.3 is 9.40 Å². The number of rotatable bonds is 3. The molecule has 3 heterocycles. The van der Waals surface area contributed by atoms with Crippen molar-refractivity contribution in [2.45, 2.75) is 19.5 Å². The maximum Gasteiger partial charge on any atom is 0.256 e. The van der Waals surface area contributed by atoms with Crippen molar-refractivity contribution in [3.05, 3.63) is 74.6 Å². The molecule has 1 aliphatic heterocycles. The lowest BCUT2D eigenvalue weighted by Gasteiger charge is -2.27. The molecule has 0 amide bonds. The van der Waals surface area contributed by atoms with Crippen LogP contribution in [-0.2, 0) is 19.5 Å². The minimum absolute atomic E-state index is 0.161. The number of nitrogens with zero attached hydrogens (tertiary/aromatic N) is 2. The fourth-order valence-electron chi connectivity index (χ4n) is 3.04. The van der Waals surface area contributed by atoms with Crippen LogP contribution in [0.1, 0.15) is 16.8 Å². The van der Waals surface area contributed by atoms with Crippen LogP contribution in [0.3, 0.4) is 0 Å². The Balaban J connectivity index is 1.58. The third kappa shape index (κ3) is 3.23. The highest BCUT2D eigenvalue weighted by molar-refractivity contribution is 6.31. The molecule has 0 bridgehead atoms. The van der Waals surface area contributed by atoms with E-state index < -0.39 is 0 Å². The van der Waals surface area contributed by atoms with Crippen molar-refractivity contribution < 1.29 is 8.81 Å². The highest BCUT2D eigenvalue weighted by atomic mass is 35.5. The van der Waals surface area contributed by atoms with Crippen molar-refractivity contribution in [1.82, 2.24) is 14.9 Å². The Morgan fingerprint density at radius 1 is 1.36 bits per heavy atom. The molecule has 0 saturated heterocycles. The molecule has 3 aromatic rings. The molecule has 0 saturated carbocycles. The van der Waals surface area contributed by atoms with Crippen molar-refractivity contribution >= 4 is 11.6 Å². The summed E-state index contributed by atoms with van der Waals surface area (Å²) in [6.45, 7) is 1.77. The quantitative estimate of drug-likeness (QED) is 0.778. The molecule has 5 nitrogen and oxygen atoms in total. The highest BCUT2D eigenvalue weighted by Crippen LogP contribution is 2.23. The number of benzene rings is 1. The van der Waals surface area contributed by atoms with Gasteiger partial charge in [-0.15, -0.1) is 0 Å². The molecule has 25 heavy (non-hydrogen) atoms. The van der Waals surface area contributed by atoms with Crippen LogP contribution in [0.4, 0.5) is 4.39 Å². The van der Waals surface area contributed by atoms with Gasteiger partial charge in [0.1, 0.15) is 5.82 Å². The number of hydrogen-bond donors (Lipinski definition) is 1. The molecule has 1 aliphatic rings. The molecular formula is C18H15ClFN3O2. The number of halogens is 2. The Morgan fingerprint density at radius 2 is 2.24 bits per heavy atom. The SMILES string of the molecule is O=c1[nH]c(-c2ccco2)nc2c1CN(Cc1ccc(F)cc1Cl)CC2. The zero-order valence-electron chi connectivity index (χ0n) is 13.3. The Kier molecular flexibility index (Phi) is 4.15. The van der Waals surface area contributed by atoms with E-state index in [4.69, 9.17) is 16.0 Å². The summed E-state index contributed by atoms with van der Waals surface area (Å²) >= 11 is 6.10. The van der Waals surface area contributed by atoms with Crippen LogP contribution in [0.5, 0.6) is 0 Å². The van der Waals surface area contributed by atoms with E-state index in [0.29, 0.717) is 41.7 Å². The van der Waals surface area contributed by atoms with E-state index in [1.54, 1.807) is 24.5 Å². The van der Waals surface area contributed by atoms with Gasteiger partial charge in [-0.1, -0.05) is 17.7 Å². The number of fused-ring (bicyclic) bond motifs is 1. The topological polar surface area (TPSA) is 62.1 Å². The van der Waals surface area contributed by atoms with Crippen molar-refractivity contribution in [3.8, 4) is 11.6 Å². The van der Waals surface area contributed by atoms with Crippen molar-refractivity contribution in [2.75, 3.05) is 6.54 Å². The monoisotopic (exact) mass is 359 g/mol. The largest absolute Gasteiger partial charge is 0.461 e.